The van der Waals surface area contributed by atoms with Crippen molar-refractivity contribution in [1.82, 2.24) is 4.98 Å². The molecule has 0 saturated heterocycles. The number of nitrogens with zero attached hydrogens (tertiary/aromatic N) is 1. The zero-order valence-electron chi connectivity index (χ0n) is 11.2. The number of benzene rings is 1. The number of aliphatic hydroxyl groups is 2. The fraction of sp³-hybridized carbons (Fsp3) is 0.267. The van der Waals surface area contributed by atoms with Crippen molar-refractivity contribution >= 4 is 0 Å². The Bertz CT molecular complexity index is 624. The van der Waals surface area contributed by atoms with Crippen molar-refractivity contribution in [3.8, 4) is 11.3 Å². The first-order valence-corrected chi connectivity index (χ1v) is 6.27. The molecule has 1 aromatic heterocycles. The molecule has 1 aromatic carbocycles. The van der Waals surface area contributed by atoms with Gasteiger partial charge in [-0.25, -0.2) is 4.98 Å². The summed E-state index contributed by atoms with van der Waals surface area (Å²) in [4.78, 5) is 3.62. The van der Waals surface area contributed by atoms with E-state index in [4.69, 9.17) is 5.11 Å². The van der Waals surface area contributed by atoms with Crippen LogP contribution in [0.1, 0.15) is 22.9 Å². The maximum atomic E-state index is 13.0. The Balaban J connectivity index is 2.54. The van der Waals surface area contributed by atoms with Gasteiger partial charge in [0.2, 0.25) is 0 Å². The van der Waals surface area contributed by atoms with Crippen LogP contribution in [0.4, 0.5) is 13.2 Å². The van der Waals surface area contributed by atoms with Crippen LogP contribution in [-0.4, -0.2) is 21.8 Å². The second-order valence-corrected chi connectivity index (χ2v) is 4.70. The van der Waals surface area contributed by atoms with Crippen LogP contribution in [0.15, 0.2) is 36.4 Å². The van der Waals surface area contributed by atoms with Crippen LogP contribution in [0.3, 0.4) is 0 Å². The molecular weight excluding hydrogens is 283 g/mol. The van der Waals surface area contributed by atoms with Crippen molar-refractivity contribution in [2.24, 2.45) is 0 Å². The molecular formula is C15H14F3NO2. The number of hydrogen-bond acceptors (Lipinski definition) is 3. The summed E-state index contributed by atoms with van der Waals surface area (Å²) in [6.07, 6.45) is -6.31. The van der Waals surface area contributed by atoms with Gasteiger partial charge in [-0.15, -0.1) is 0 Å². The number of aryl methyl sites for hydroxylation is 1. The number of halogens is 3. The van der Waals surface area contributed by atoms with E-state index in [2.05, 4.69) is 4.98 Å². The lowest BCUT2D eigenvalue weighted by Gasteiger charge is -2.16. The largest absolute Gasteiger partial charge is 0.433 e. The Morgan fingerprint density at radius 1 is 1.10 bits per heavy atom. The molecule has 0 amide bonds. The molecule has 2 N–H and O–H groups in total. The number of rotatable bonds is 3. The number of alkyl halides is 3. The van der Waals surface area contributed by atoms with Gasteiger partial charge in [-0.2, -0.15) is 13.2 Å². The molecule has 3 nitrogen and oxygen atoms in total. The average Bonchev–Trinajstić information content (AvgIpc) is 2.46. The summed E-state index contributed by atoms with van der Waals surface area (Å²) in [5, 5.41) is 18.3. The second kappa shape index (κ2) is 5.83. The highest BCUT2D eigenvalue weighted by molar-refractivity contribution is 5.60. The highest BCUT2D eigenvalue weighted by Gasteiger charge is 2.37. The van der Waals surface area contributed by atoms with Crippen LogP contribution >= 0.6 is 0 Å². The molecule has 0 saturated carbocycles. The molecule has 112 valence electrons. The topological polar surface area (TPSA) is 53.4 Å². The SMILES string of the molecule is Cc1ccc(-c2ccc([C@H](O)CO)c(C(F)(F)F)n2)cc1. The van der Waals surface area contributed by atoms with Gasteiger partial charge < -0.3 is 10.2 Å². The van der Waals surface area contributed by atoms with E-state index >= 15 is 0 Å². The summed E-state index contributed by atoms with van der Waals surface area (Å²) in [7, 11) is 0. The first kappa shape index (κ1) is 15.5. The van der Waals surface area contributed by atoms with Crippen molar-refractivity contribution in [2.75, 3.05) is 6.61 Å². The first-order valence-electron chi connectivity index (χ1n) is 6.27. The Kier molecular flexibility index (Phi) is 4.29. The summed E-state index contributed by atoms with van der Waals surface area (Å²) >= 11 is 0. The molecule has 0 spiro atoms. The normalized spacial score (nSPS) is 13.2. The fourth-order valence-corrected chi connectivity index (χ4v) is 1.95. The Hall–Kier alpha value is -1.92. The summed E-state index contributed by atoms with van der Waals surface area (Å²) in [6.45, 7) is 1.08. The lowest BCUT2D eigenvalue weighted by Crippen LogP contribution is -2.16. The van der Waals surface area contributed by atoms with Crippen LogP contribution in [0, 0.1) is 6.92 Å². The van der Waals surface area contributed by atoms with E-state index < -0.39 is 30.1 Å². The first-order chi connectivity index (χ1) is 9.82. The van der Waals surface area contributed by atoms with Crippen molar-refractivity contribution in [2.45, 2.75) is 19.2 Å². The van der Waals surface area contributed by atoms with Crippen molar-refractivity contribution < 1.29 is 23.4 Å². The van der Waals surface area contributed by atoms with Gasteiger partial charge in [-0.3, -0.25) is 0 Å². The predicted molar refractivity (Wildman–Crippen MR) is 71.5 cm³/mol. The number of hydrogen-bond donors (Lipinski definition) is 2. The minimum Gasteiger partial charge on any atom is -0.393 e. The summed E-state index contributed by atoms with van der Waals surface area (Å²) < 4.78 is 39.1. The minimum absolute atomic E-state index is 0.163. The molecule has 0 unspecified atom stereocenters. The molecule has 2 aromatic rings. The minimum atomic E-state index is -4.70. The molecule has 0 aliphatic heterocycles. The maximum Gasteiger partial charge on any atom is 0.433 e. The van der Waals surface area contributed by atoms with E-state index in [1.807, 2.05) is 6.92 Å². The molecule has 1 atom stereocenters. The smallest absolute Gasteiger partial charge is 0.393 e. The monoisotopic (exact) mass is 297 g/mol. The van der Waals surface area contributed by atoms with E-state index in [0.717, 1.165) is 11.6 Å². The summed E-state index contributed by atoms with van der Waals surface area (Å²) in [5.74, 6) is 0. The van der Waals surface area contributed by atoms with Gasteiger partial charge in [-0.1, -0.05) is 35.9 Å². The van der Waals surface area contributed by atoms with Crippen molar-refractivity contribution in [3.63, 3.8) is 0 Å². The standard InChI is InChI=1S/C15H14F3NO2/c1-9-2-4-10(5-3-9)12-7-6-11(13(21)8-20)14(19-12)15(16,17)18/h2-7,13,20-21H,8H2,1H3/t13-/m1/s1. The predicted octanol–water partition coefficient (Wildman–Crippen LogP) is 3.10. The van der Waals surface area contributed by atoms with Gasteiger partial charge in [0.1, 0.15) is 6.10 Å². The van der Waals surface area contributed by atoms with E-state index in [1.165, 1.54) is 6.07 Å². The number of pyridine rings is 1. The van der Waals surface area contributed by atoms with Gasteiger partial charge in [0.05, 0.1) is 12.3 Å². The Morgan fingerprint density at radius 2 is 1.71 bits per heavy atom. The fourth-order valence-electron chi connectivity index (χ4n) is 1.95. The molecule has 0 radical (unpaired) electrons. The van der Waals surface area contributed by atoms with Crippen LogP contribution in [0.25, 0.3) is 11.3 Å². The highest BCUT2D eigenvalue weighted by Crippen LogP contribution is 2.34. The molecule has 1 heterocycles. The van der Waals surface area contributed by atoms with E-state index in [9.17, 15) is 18.3 Å². The number of aromatic nitrogens is 1. The molecule has 0 aliphatic carbocycles. The zero-order valence-corrected chi connectivity index (χ0v) is 11.2. The van der Waals surface area contributed by atoms with Crippen LogP contribution < -0.4 is 0 Å². The van der Waals surface area contributed by atoms with Gasteiger partial charge in [0.15, 0.2) is 5.69 Å². The number of aliphatic hydroxyl groups excluding tert-OH is 2. The van der Waals surface area contributed by atoms with Gasteiger partial charge in [-0.05, 0) is 13.0 Å². The van der Waals surface area contributed by atoms with Crippen molar-refractivity contribution in [1.29, 1.82) is 0 Å². The summed E-state index contributed by atoms with van der Waals surface area (Å²) in [6, 6.07) is 9.46. The lowest BCUT2D eigenvalue weighted by molar-refractivity contribution is -0.143. The third-order valence-electron chi connectivity index (χ3n) is 3.07. The molecule has 6 heteroatoms. The van der Waals surface area contributed by atoms with E-state index in [1.54, 1.807) is 24.3 Å². The van der Waals surface area contributed by atoms with E-state index in [0.29, 0.717) is 5.56 Å². The van der Waals surface area contributed by atoms with Gasteiger partial charge in [0, 0.05) is 11.1 Å². The highest BCUT2D eigenvalue weighted by atomic mass is 19.4. The average molecular weight is 297 g/mol. The van der Waals surface area contributed by atoms with Crippen molar-refractivity contribution in [3.05, 3.63) is 53.2 Å². The van der Waals surface area contributed by atoms with Crippen LogP contribution in [-0.2, 0) is 6.18 Å². The molecule has 21 heavy (non-hydrogen) atoms. The zero-order chi connectivity index (χ0) is 15.6. The lowest BCUT2D eigenvalue weighted by atomic mass is 10.0. The van der Waals surface area contributed by atoms with Crippen LogP contribution in [0.2, 0.25) is 0 Å². The molecule has 2 rings (SSSR count). The molecule has 0 aliphatic rings. The third kappa shape index (κ3) is 3.40. The molecule has 0 fully saturated rings. The second-order valence-electron chi connectivity index (χ2n) is 4.70. The molecule has 0 bridgehead atoms. The van der Waals surface area contributed by atoms with E-state index in [-0.39, 0.29) is 5.69 Å². The quantitative estimate of drug-likeness (QED) is 0.915. The van der Waals surface area contributed by atoms with Gasteiger partial charge in [0.25, 0.3) is 0 Å². The summed E-state index contributed by atoms with van der Waals surface area (Å²) in [5.41, 5.74) is 0.0949. The van der Waals surface area contributed by atoms with Crippen LogP contribution in [0.5, 0.6) is 0 Å². The Labute approximate surface area is 119 Å². The third-order valence-corrected chi connectivity index (χ3v) is 3.07. The maximum absolute atomic E-state index is 13.0. The Morgan fingerprint density at radius 3 is 2.24 bits per heavy atom. The van der Waals surface area contributed by atoms with Gasteiger partial charge >= 0.3 is 6.18 Å².